The van der Waals surface area contributed by atoms with Gasteiger partial charge in [0.15, 0.2) is 23.0 Å². The van der Waals surface area contributed by atoms with Gasteiger partial charge in [0.25, 0.3) is 0 Å². The molecule has 3 aromatic rings. The lowest BCUT2D eigenvalue weighted by Crippen LogP contribution is -2.36. The molecule has 2 aliphatic rings. The van der Waals surface area contributed by atoms with Crippen LogP contribution in [0.4, 0.5) is 5.69 Å². The van der Waals surface area contributed by atoms with Crippen LogP contribution >= 0.6 is 0 Å². The molecule has 2 aliphatic heterocycles. The molecule has 1 N–H and O–H groups in total. The first-order chi connectivity index (χ1) is 14.0. The number of hydrogen-bond acceptors (Lipinski definition) is 6. The number of likely N-dealkylation sites (N-methyl/N-ethyl adjacent to an activating group) is 1. The van der Waals surface area contributed by atoms with E-state index in [2.05, 4.69) is 17.0 Å². The standard InChI is InChI=1S/C23H23NO5/c1-12(25)21-20-14(7-8-17(26-3)23(20)27-4)15-6-5-13-9-18-19(29-11-28-18)10-16(13)22(15)24(21)2/h5-10,12,21,25H,11H2,1-4H3/t12-,21+/m1/s1. The minimum atomic E-state index is -0.628. The quantitative estimate of drug-likeness (QED) is 0.722. The highest BCUT2D eigenvalue weighted by Gasteiger charge is 2.37. The van der Waals surface area contributed by atoms with Crippen LogP contribution in [0.1, 0.15) is 18.5 Å². The van der Waals surface area contributed by atoms with Crippen molar-refractivity contribution in [3.05, 3.63) is 42.0 Å². The van der Waals surface area contributed by atoms with E-state index in [9.17, 15) is 5.11 Å². The number of nitrogens with zero attached hydrogens (tertiary/aromatic N) is 1. The average Bonchev–Trinajstić information content (AvgIpc) is 3.17. The average molecular weight is 393 g/mol. The van der Waals surface area contributed by atoms with E-state index in [0.29, 0.717) is 11.5 Å². The van der Waals surface area contributed by atoms with Gasteiger partial charge in [-0.05, 0) is 42.1 Å². The molecule has 0 bridgehead atoms. The Balaban J connectivity index is 1.86. The molecular weight excluding hydrogens is 370 g/mol. The summed E-state index contributed by atoms with van der Waals surface area (Å²) < 4.78 is 22.4. The Labute approximate surface area is 169 Å². The molecule has 0 saturated carbocycles. The van der Waals surface area contributed by atoms with Crippen LogP contribution in [-0.2, 0) is 0 Å². The van der Waals surface area contributed by atoms with E-state index in [-0.39, 0.29) is 12.8 Å². The van der Waals surface area contributed by atoms with Crippen LogP contribution < -0.4 is 23.8 Å². The smallest absolute Gasteiger partial charge is 0.231 e. The summed E-state index contributed by atoms with van der Waals surface area (Å²) in [5, 5.41) is 12.9. The third-order valence-electron chi connectivity index (χ3n) is 5.88. The zero-order chi connectivity index (χ0) is 20.3. The van der Waals surface area contributed by atoms with Gasteiger partial charge in [-0.3, -0.25) is 0 Å². The van der Waals surface area contributed by atoms with Crippen molar-refractivity contribution in [2.24, 2.45) is 0 Å². The summed E-state index contributed by atoms with van der Waals surface area (Å²) in [5.41, 5.74) is 4.08. The molecule has 6 nitrogen and oxygen atoms in total. The van der Waals surface area contributed by atoms with Crippen molar-refractivity contribution < 1.29 is 24.1 Å². The van der Waals surface area contributed by atoms with Crippen molar-refractivity contribution in [1.82, 2.24) is 0 Å². The Morgan fingerprint density at radius 3 is 2.45 bits per heavy atom. The van der Waals surface area contributed by atoms with Crippen LogP contribution in [0.5, 0.6) is 23.0 Å². The van der Waals surface area contributed by atoms with Gasteiger partial charge >= 0.3 is 0 Å². The molecule has 0 fully saturated rings. The maximum absolute atomic E-state index is 10.7. The van der Waals surface area contributed by atoms with Crippen LogP contribution in [0.25, 0.3) is 21.9 Å². The van der Waals surface area contributed by atoms with Gasteiger partial charge in [-0.2, -0.15) is 0 Å². The molecule has 0 amide bonds. The van der Waals surface area contributed by atoms with Crippen molar-refractivity contribution in [2.75, 3.05) is 33.0 Å². The van der Waals surface area contributed by atoms with Crippen molar-refractivity contribution >= 4 is 16.5 Å². The first-order valence-corrected chi connectivity index (χ1v) is 9.57. The van der Waals surface area contributed by atoms with Gasteiger partial charge in [0, 0.05) is 23.6 Å². The lowest BCUT2D eigenvalue weighted by molar-refractivity contribution is 0.159. The third kappa shape index (κ3) is 2.45. The lowest BCUT2D eigenvalue weighted by Gasteiger charge is -2.40. The van der Waals surface area contributed by atoms with Gasteiger partial charge in [0.2, 0.25) is 6.79 Å². The number of rotatable bonds is 3. The van der Waals surface area contributed by atoms with Gasteiger partial charge in [-0.15, -0.1) is 0 Å². The van der Waals surface area contributed by atoms with E-state index in [4.69, 9.17) is 18.9 Å². The Morgan fingerprint density at radius 1 is 1.03 bits per heavy atom. The number of anilines is 1. The first-order valence-electron chi connectivity index (χ1n) is 9.57. The number of benzene rings is 3. The van der Waals surface area contributed by atoms with Crippen molar-refractivity contribution in [3.63, 3.8) is 0 Å². The highest BCUT2D eigenvalue weighted by molar-refractivity contribution is 6.05. The molecule has 3 aromatic carbocycles. The Morgan fingerprint density at radius 2 is 1.76 bits per heavy atom. The van der Waals surface area contributed by atoms with Crippen LogP contribution in [0, 0.1) is 0 Å². The van der Waals surface area contributed by atoms with E-state index in [1.54, 1.807) is 21.1 Å². The molecule has 2 heterocycles. The van der Waals surface area contributed by atoms with E-state index >= 15 is 0 Å². The summed E-state index contributed by atoms with van der Waals surface area (Å²) in [4.78, 5) is 2.12. The van der Waals surface area contributed by atoms with Crippen LogP contribution in [0.2, 0.25) is 0 Å². The predicted molar refractivity (Wildman–Crippen MR) is 111 cm³/mol. The molecule has 6 heteroatoms. The summed E-state index contributed by atoms with van der Waals surface area (Å²) in [6.07, 6.45) is -0.628. The predicted octanol–water partition coefficient (Wildman–Crippen LogP) is 4.12. The summed E-state index contributed by atoms with van der Waals surface area (Å²) >= 11 is 0. The van der Waals surface area contributed by atoms with Gasteiger partial charge in [0.05, 0.1) is 32.1 Å². The summed E-state index contributed by atoms with van der Waals surface area (Å²) in [5.74, 6) is 2.80. The van der Waals surface area contributed by atoms with Crippen molar-refractivity contribution in [1.29, 1.82) is 0 Å². The molecule has 150 valence electrons. The zero-order valence-corrected chi connectivity index (χ0v) is 16.9. The first kappa shape index (κ1) is 17.9. The minimum Gasteiger partial charge on any atom is -0.493 e. The summed E-state index contributed by atoms with van der Waals surface area (Å²) in [6, 6.07) is 11.9. The summed E-state index contributed by atoms with van der Waals surface area (Å²) in [6.45, 7) is 2.04. The molecule has 2 atom stereocenters. The van der Waals surface area contributed by atoms with Gasteiger partial charge in [0.1, 0.15) is 0 Å². The normalized spacial score (nSPS) is 17.7. The number of methoxy groups -OCH3 is 2. The number of hydrogen-bond donors (Lipinski definition) is 1. The zero-order valence-electron chi connectivity index (χ0n) is 16.9. The largest absolute Gasteiger partial charge is 0.493 e. The number of aliphatic hydroxyl groups is 1. The Hall–Kier alpha value is -3.12. The van der Waals surface area contributed by atoms with Gasteiger partial charge < -0.3 is 29.0 Å². The molecule has 5 rings (SSSR count). The lowest BCUT2D eigenvalue weighted by atomic mass is 9.84. The number of ether oxygens (including phenoxy) is 4. The van der Waals surface area contributed by atoms with E-state index in [1.807, 2.05) is 31.3 Å². The number of aliphatic hydroxyl groups excluding tert-OH is 1. The summed E-state index contributed by atoms with van der Waals surface area (Å²) in [7, 11) is 5.26. The second kappa shape index (κ2) is 6.46. The number of fused-ring (bicyclic) bond motifs is 6. The van der Waals surface area contributed by atoms with Crippen LogP contribution in [0.3, 0.4) is 0 Å². The van der Waals surface area contributed by atoms with Crippen LogP contribution in [-0.4, -0.2) is 39.3 Å². The highest BCUT2D eigenvalue weighted by Crippen LogP contribution is 2.54. The molecular formula is C23H23NO5. The Kier molecular flexibility index (Phi) is 3.99. The molecule has 0 aliphatic carbocycles. The monoisotopic (exact) mass is 393 g/mol. The fourth-order valence-electron chi connectivity index (χ4n) is 4.67. The molecule has 0 unspecified atom stereocenters. The van der Waals surface area contributed by atoms with Crippen LogP contribution in [0.15, 0.2) is 36.4 Å². The molecule has 0 aromatic heterocycles. The van der Waals surface area contributed by atoms with Crippen molar-refractivity contribution in [2.45, 2.75) is 19.1 Å². The fourth-order valence-corrected chi connectivity index (χ4v) is 4.67. The second-order valence-electron chi connectivity index (χ2n) is 7.45. The van der Waals surface area contributed by atoms with Gasteiger partial charge in [-0.25, -0.2) is 0 Å². The van der Waals surface area contributed by atoms with E-state index in [0.717, 1.165) is 44.6 Å². The van der Waals surface area contributed by atoms with E-state index < -0.39 is 6.10 Å². The Bertz CT molecular complexity index is 1120. The highest BCUT2D eigenvalue weighted by atomic mass is 16.7. The molecule has 0 radical (unpaired) electrons. The minimum absolute atomic E-state index is 0.236. The van der Waals surface area contributed by atoms with Crippen molar-refractivity contribution in [3.8, 4) is 34.1 Å². The SMILES string of the molecule is COc1ccc2c(c1OC)[C@H]([C@@H](C)O)N(C)c1c-2ccc2cc3c(cc12)OCO3. The molecule has 0 saturated heterocycles. The maximum Gasteiger partial charge on any atom is 0.231 e. The van der Waals surface area contributed by atoms with Gasteiger partial charge in [-0.1, -0.05) is 12.1 Å². The fraction of sp³-hybridized carbons (Fsp3) is 0.304. The second-order valence-corrected chi connectivity index (χ2v) is 7.45. The van der Waals surface area contributed by atoms with E-state index in [1.165, 1.54) is 0 Å². The third-order valence-corrected chi connectivity index (χ3v) is 5.88. The maximum atomic E-state index is 10.7. The molecule has 0 spiro atoms. The molecule has 29 heavy (non-hydrogen) atoms. The topological polar surface area (TPSA) is 60.4 Å².